The molecule has 1 aliphatic rings. The number of sulfonamides is 2. The van der Waals surface area contributed by atoms with Crippen LogP contribution in [0.3, 0.4) is 0 Å². The first-order valence-corrected chi connectivity index (χ1v) is 29.8. The van der Waals surface area contributed by atoms with Gasteiger partial charge in [-0.1, -0.05) is 135 Å². The molecule has 6 aromatic carbocycles. The third-order valence-electron chi connectivity index (χ3n) is 13.3. The summed E-state index contributed by atoms with van der Waals surface area (Å²) >= 11 is 0.269. The summed E-state index contributed by atoms with van der Waals surface area (Å²) in [4.78, 5) is 19.4. The first kappa shape index (κ1) is 59.9. The normalized spacial score (nSPS) is 12.7. The third-order valence-corrected chi connectivity index (χ3v) is 18.0. The minimum absolute atomic E-state index is 0.0180. The average Bonchev–Trinajstić information content (AvgIpc) is 3.43. The zero-order valence-corrected chi connectivity index (χ0v) is 47.9. The number of hydrogen-bond acceptors (Lipinski definition) is 10. The molecular formula is C61H64F4N2O9S3. The molecule has 0 aliphatic carbocycles. The standard InChI is InChI=1S/C61H64F4N2O9S3/c1-34(2)41-17-13-18-42(35(3)4)48(41)30-39-22-24-45-50(32-39)76-51-33-40(31-49-43(36(5)6)19-14-20-44(49)37(7)8)23-25-46(51)53(45)47-16-11-12-21-52(47)78(70,71)67-79(72,73)59-56(64)54(62)58(55(63)57(59)65)77-29-15-27-75-61(69)66-26-28-74-60(68)38(9)10/h11-14,16-25,30,32-37,67H,9,15,26-29,31H2,1-8,10H3,(H,66,69)/b39-30+. The monoisotopic (exact) mass is 1140 g/mol. The minimum atomic E-state index is -5.94. The van der Waals surface area contributed by atoms with Gasteiger partial charge in [-0.15, -0.1) is 15.9 Å². The maximum Gasteiger partial charge on any atom is 0.407 e. The molecule has 0 unspecified atom stereocenters. The highest BCUT2D eigenvalue weighted by Gasteiger charge is 2.38. The van der Waals surface area contributed by atoms with E-state index < -0.39 is 70.1 Å². The summed E-state index contributed by atoms with van der Waals surface area (Å²) in [6.45, 7) is 21.4. The molecule has 0 atom stereocenters. The van der Waals surface area contributed by atoms with E-state index in [2.05, 4.69) is 110 Å². The van der Waals surface area contributed by atoms with Crippen LogP contribution in [0, 0.1) is 23.3 Å². The Balaban J connectivity index is 1.25. The number of esters is 1. The Morgan fingerprint density at radius 1 is 0.671 bits per heavy atom. The van der Waals surface area contributed by atoms with E-state index in [9.17, 15) is 26.4 Å². The lowest BCUT2D eigenvalue weighted by atomic mass is 9.85. The number of nitrogens with one attached hydrogen (secondary N) is 2. The second-order valence-electron chi connectivity index (χ2n) is 20.4. The molecule has 1 amide bonds. The van der Waals surface area contributed by atoms with Crippen LogP contribution >= 0.6 is 11.8 Å². The molecule has 0 aromatic heterocycles. The molecule has 418 valence electrons. The number of halogens is 4. The molecular weight excluding hydrogens is 1080 g/mol. The maximum absolute atomic E-state index is 15.8. The Hall–Kier alpha value is -6.73. The van der Waals surface area contributed by atoms with Crippen LogP contribution in [0.1, 0.15) is 142 Å². The quantitative estimate of drug-likeness (QED) is 0.0177. The largest absolute Gasteiger partial charge is 0.460 e. The Kier molecular flexibility index (Phi) is 19.1. The van der Waals surface area contributed by atoms with Crippen LogP contribution in [0.5, 0.6) is 11.5 Å². The molecule has 7 rings (SSSR count). The molecule has 11 nitrogen and oxygen atoms in total. The Labute approximate surface area is 464 Å². The van der Waals surface area contributed by atoms with E-state index >= 15 is 17.6 Å². The Morgan fingerprint density at radius 3 is 1.86 bits per heavy atom. The van der Waals surface area contributed by atoms with E-state index in [0.717, 1.165) is 33.5 Å². The molecule has 1 aliphatic heterocycles. The van der Waals surface area contributed by atoms with Crippen LogP contribution < -0.4 is 24.6 Å². The van der Waals surface area contributed by atoms with Crippen LogP contribution in [-0.2, 0) is 40.7 Å². The minimum Gasteiger partial charge on any atom is -0.460 e. The summed E-state index contributed by atoms with van der Waals surface area (Å²) in [5.74, 6) is -8.22. The molecule has 6 aromatic rings. The van der Waals surface area contributed by atoms with Crippen molar-refractivity contribution in [3.63, 3.8) is 0 Å². The number of amides is 1. The number of carbonyl (C=O) groups excluding carboxylic acids is 2. The number of rotatable bonds is 21. The van der Waals surface area contributed by atoms with Crippen molar-refractivity contribution in [2.24, 2.45) is 0 Å². The molecule has 0 bridgehead atoms. The van der Waals surface area contributed by atoms with Crippen molar-refractivity contribution in [3.8, 4) is 11.5 Å². The van der Waals surface area contributed by atoms with Gasteiger partial charge in [0.25, 0.3) is 20.0 Å². The van der Waals surface area contributed by atoms with Crippen molar-refractivity contribution in [2.45, 2.75) is 114 Å². The van der Waals surface area contributed by atoms with E-state index in [1.807, 2.05) is 30.3 Å². The van der Waals surface area contributed by atoms with Crippen molar-refractivity contribution in [1.82, 2.24) is 9.44 Å². The van der Waals surface area contributed by atoms with E-state index in [4.69, 9.17) is 14.2 Å². The van der Waals surface area contributed by atoms with Crippen LogP contribution in [0.15, 0.2) is 124 Å². The van der Waals surface area contributed by atoms with Gasteiger partial charge < -0.3 is 19.5 Å². The van der Waals surface area contributed by atoms with Gasteiger partial charge in [0.1, 0.15) is 18.1 Å². The van der Waals surface area contributed by atoms with Crippen LogP contribution in [0.2, 0.25) is 0 Å². The number of thioether (sulfide) groups is 1. The predicted molar refractivity (Wildman–Crippen MR) is 300 cm³/mol. The second kappa shape index (κ2) is 25.2. The van der Waals surface area contributed by atoms with Crippen LogP contribution in [0.4, 0.5) is 22.4 Å². The van der Waals surface area contributed by atoms with Gasteiger partial charge in [-0.2, -0.15) is 0 Å². The van der Waals surface area contributed by atoms with Gasteiger partial charge in [0.05, 0.1) is 22.9 Å². The summed E-state index contributed by atoms with van der Waals surface area (Å²) in [6, 6.07) is 29.2. The fourth-order valence-corrected chi connectivity index (χ4v) is 13.6. The van der Waals surface area contributed by atoms with Gasteiger partial charge >= 0.3 is 12.1 Å². The van der Waals surface area contributed by atoms with E-state index in [1.165, 1.54) is 39.9 Å². The van der Waals surface area contributed by atoms with Crippen molar-refractivity contribution in [3.05, 3.63) is 193 Å². The van der Waals surface area contributed by atoms with Crippen molar-refractivity contribution in [2.75, 3.05) is 25.5 Å². The molecule has 79 heavy (non-hydrogen) atoms. The number of ether oxygens (including phenoxy) is 3. The topological polar surface area (TPSA) is 154 Å². The number of hydrogen-bond donors (Lipinski definition) is 2. The lowest BCUT2D eigenvalue weighted by Crippen LogP contribution is -2.33. The lowest BCUT2D eigenvalue weighted by Gasteiger charge is -2.24. The lowest BCUT2D eigenvalue weighted by molar-refractivity contribution is -0.138. The molecule has 2 N–H and O–H groups in total. The molecule has 0 fully saturated rings. The number of alkyl carbamates (subject to hydrolysis) is 1. The summed E-state index contributed by atoms with van der Waals surface area (Å²) in [7, 11) is -11.3. The van der Waals surface area contributed by atoms with Gasteiger partial charge in [-0.05, 0) is 118 Å². The van der Waals surface area contributed by atoms with E-state index in [0.29, 0.717) is 34.3 Å². The van der Waals surface area contributed by atoms with Crippen molar-refractivity contribution >= 4 is 55.5 Å². The SMILES string of the molecule is C=C(C)C(=O)OCCNC(=O)OCCCSc1c(F)c(F)c(S(=O)(=O)NS(=O)(=O)c2ccccc2C2=c3cc/c(=C\c4c(C(C)C)cccc4C(C)C)cc3Oc3cc(Cc4c(C(C)C)cccc4C(C)C)ccc32)c(F)c1F. The highest BCUT2D eigenvalue weighted by atomic mass is 32.3. The fourth-order valence-electron chi connectivity index (χ4n) is 9.46. The molecule has 0 saturated heterocycles. The van der Waals surface area contributed by atoms with Gasteiger partial charge in [-0.3, -0.25) is 0 Å². The van der Waals surface area contributed by atoms with Crippen LogP contribution in [0.25, 0.3) is 11.6 Å². The molecule has 0 spiro atoms. The fraction of sp³-hybridized carbons (Fsp3) is 0.311. The van der Waals surface area contributed by atoms with Gasteiger partial charge in [0.2, 0.25) is 0 Å². The van der Waals surface area contributed by atoms with Crippen LogP contribution in [-0.4, -0.2) is 54.4 Å². The summed E-state index contributed by atoms with van der Waals surface area (Å²) in [6.07, 6.45) is 1.65. The summed E-state index contributed by atoms with van der Waals surface area (Å²) < 4.78 is 138. The zero-order valence-electron chi connectivity index (χ0n) is 45.5. The number of fused-ring (bicyclic) bond motifs is 2. The zero-order chi connectivity index (χ0) is 57.7. The highest BCUT2D eigenvalue weighted by Crippen LogP contribution is 2.41. The molecule has 18 heteroatoms. The number of carbonyl (C=O) groups is 2. The first-order chi connectivity index (χ1) is 37.3. The van der Waals surface area contributed by atoms with Gasteiger partial charge in [0, 0.05) is 33.2 Å². The number of benzene rings is 6. The molecule has 0 saturated carbocycles. The molecule has 0 radical (unpaired) electrons. The average molecular weight is 1140 g/mol. The highest BCUT2D eigenvalue weighted by molar-refractivity contribution is 8.04. The Morgan fingerprint density at radius 2 is 1.27 bits per heavy atom. The first-order valence-electron chi connectivity index (χ1n) is 25.8. The summed E-state index contributed by atoms with van der Waals surface area (Å²) in [5, 5.41) is 3.55. The summed E-state index contributed by atoms with van der Waals surface area (Å²) in [5.41, 5.74) is 8.78. The maximum atomic E-state index is 15.8. The second-order valence-corrected chi connectivity index (χ2v) is 25.1. The molecule has 1 heterocycles. The van der Waals surface area contributed by atoms with Crippen molar-refractivity contribution in [1.29, 1.82) is 0 Å². The van der Waals surface area contributed by atoms with E-state index in [-0.39, 0.29) is 78.5 Å². The Bertz CT molecular complexity index is 3630. The van der Waals surface area contributed by atoms with Gasteiger partial charge in [0.15, 0.2) is 28.2 Å². The predicted octanol–water partition coefficient (Wildman–Crippen LogP) is 12.5. The third kappa shape index (κ3) is 13.5. The van der Waals surface area contributed by atoms with Crippen molar-refractivity contribution < 1.29 is 58.2 Å². The van der Waals surface area contributed by atoms with Gasteiger partial charge in [-0.25, -0.2) is 44.0 Å². The van der Waals surface area contributed by atoms with E-state index in [1.54, 1.807) is 12.1 Å². The smallest absolute Gasteiger partial charge is 0.407 e.